The van der Waals surface area contributed by atoms with Gasteiger partial charge in [-0.15, -0.1) is 0 Å². The maximum atomic E-state index is 13.2. The van der Waals surface area contributed by atoms with Crippen molar-refractivity contribution in [3.05, 3.63) is 47.2 Å². The summed E-state index contributed by atoms with van der Waals surface area (Å²) in [6.07, 6.45) is 4.87. The summed E-state index contributed by atoms with van der Waals surface area (Å²) in [7, 11) is 1.85. The Bertz CT molecular complexity index is 906. The van der Waals surface area contributed by atoms with Gasteiger partial charge in [0.25, 0.3) is 0 Å². The van der Waals surface area contributed by atoms with Gasteiger partial charge < -0.3 is 5.32 Å². The van der Waals surface area contributed by atoms with E-state index < -0.39 is 11.8 Å². The van der Waals surface area contributed by atoms with E-state index in [4.69, 9.17) is 5.10 Å². The third kappa shape index (κ3) is 3.36. The Labute approximate surface area is 169 Å². The molecule has 0 aliphatic heterocycles. The van der Waals surface area contributed by atoms with E-state index in [1.54, 1.807) is 4.68 Å². The van der Waals surface area contributed by atoms with Crippen LogP contribution in [0.25, 0.3) is 0 Å². The highest BCUT2D eigenvalue weighted by Gasteiger charge is 2.49. The number of hydrogen-bond acceptors (Lipinski definition) is 2. The summed E-state index contributed by atoms with van der Waals surface area (Å²) in [6.45, 7) is 0. The monoisotopic (exact) mass is 399 g/mol. The van der Waals surface area contributed by atoms with Crippen LogP contribution in [0.2, 0.25) is 0 Å². The van der Waals surface area contributed by atoms with Crippen LogP contribution < -0.4 is 5.32 Å². The Kier molecular flexibility index (Phi) is 4.48. The molecule has 6 heteroatoms. The lowest BCUT2D eigenvalue weighted by atomic mass is 9.67. The van der Waals surface area contributed by atoms with Crippen molar-refractivity contribution in [2.75, 3.05) is 5.32 Å². The highest BCUT2D eigenvalue weighted by atomic mass is 19.3. The van der Waals surface area contributed by atoms with Crippen LogP contribution in [-0.2, 0) is 11.8 Å². The standard InChI is InChI=1S/C23H27F2N3O/c1-28-21(26-22(29)18-12-23(24,25)13-18)19(15-8-5-9-15)20(27-28)17-10-16(11-17)14-6-3-2-4-7-14/h2-4,6-7,15-18H,5,8-13H2,1H3,(H,26,29)/t16-,17+. The van der Waals surface area contributed by atoms with Crippen molar-refractivity contribution in [2.45, 2.75) is 68.6 Å². The molecule has 0 spiro atoms. The van der Waals surface area contributed by atoms with E-state index in [1.165, 1.54) is 12.0 Å². The van der Waals surface area contributed by atoms with Crippen LogP contribution in [0.1, 0.15) is 79.5 Å². The molecule has 0 atom stereocenters. The van der Waals surface area contributed by atoms with Gasteiger partial charge in [0, 0.05) is 37.3 Å². The fourth-order valence-corrected chi connectivity index (χ4v) is 5.01. The zero-order valence-corrected chi connectivity index (χ0v) is 16.7. The van der Waals surface area contributed by atoms with Crippen molar-refractivity contribution in [1.82, 2.24) is 9.78 Å². The second kappa shape index (κ2) is 6.92. The molecular weight excluding hydrogens is 372 g/mol. The molecule has 3 saturated carbocycles. The second-order valence-corrected chi connectivity index (χ2v) is 9.13. The van der Waals surface area contributed by atoms with Crippen LogP contribution in [0, 0.1) is 5.92 Å². The van der Waals surface area contributed by atoms with E-state index in [9.17, 15) is 13.6 Å². The molecule has 4 nitrogen and oxygen atoms in total. The summed E-state index contributed by atoms with van der Waals surface area (Å²) in [4.78, 5) is 12.5. The predicted molar refractivity (Wildman–Crippen MR) is 107 cm³/mol. The lowest BCUT2D eigenvalue weighted by Crippen LogP contribution is -2.42. The summed E-state index contributed by atoms with van der Waals surface area (Å²) >= 11 is 0. The zero-order valence-electron chi connectivity index (χ0n) is 16.7. The van der Waals surface area contributed by atoms with E-state index in [0.717, 1.165) is 42.8 Å². The molecule has 2 aromatic rings. The van der Waals surface area contributed by atoms with Crippen LogP contribution in [0.5, 0.6) is 0 Å². The number of aryl methyl sites for hydroxylation is 1. The fourth-order valence-electron chi connectivity index (χ4n) is 5.01. The van der Waals surface area contributed by atoms with Crippen LogP contribution in [0.15, 0.2) is 30.3 Å². The van der Waals surface area contributed by atoms with Gasteiger partial charge >= 0.3 is 0 Å². The van der Waals surface area contributed by atoms with Gasteiger partial charge in [-0.25, -0.2) is 8.78 Å². The average Bonchev–Trinajstić information content (AvgIpc) is 2.87. The number of halogens is 2. The highest BCUT2D eigenvalue weighted by Crippen LogP contribution is 2.52. The number of nitrogens with zero attached hydrogens (tertiary/aromatic N) is 2. The first-order valence-electron chi connectivity index (χ1n) is 10.7. The van der Waals surface area contributed by atoms with Crippen molar-refractivity contribution in [3.63, 3.8) is 0 Å². The zero-order chi connectivity index (χ0) is 20.2. The molecule has 0 bridgehead atoms. The van der Waals surface area contributed by atoms with Gasteiger partial charge in [-0.3, -0.25) is 9.48 Å². The van der Waals surface area contributed by atoms with E-state index in [1.807, 2.05) is 13.1 Å². The molecule has 0 radical (unpaired) electrons. The summed E-state index contributed by atoms with van der Waals surface area (Å²) in [5.41, 5.74) is 3.65. The minimum atomic E-state index is -2.69. The van der Waals surface area contributed by atoms with Crippen molar-refractivity contribution < 1.29 is 13.6 Å². The number of alkyl halides is 2. The molecule has 154 valence electrons. The lowest BCUT2D eigenvalue weighted by molar-refractivity contribution is -0.145. The smallest absolute Gasteiger partial charge is 0.249 e. The normalized spacial score (nSPS) is 26.3. The Morgan fingerprint density at radius 2 is 1.79 bits per heavy atom. The minimum absolute atomic E-state index is 0.290. The molecule has 0 saturated heterocycles. The molecule has 1 aromatic heterocycles. The third-order valence-corrected chi connectivity index (χ3v) is 7.12. The van der Waals surface area contributed by atoms with Crippen molar-refractivity contribution in [3.8, 4) is 0 Å². The summed E-state index contributed by atoms with van der Waals surface area (Å²) in [6, 6.07) is 10.6. The number of hydrogen-bond donors (Lipinski definition) is 1. The maximum Gasteiger partial charge on any atom is 0.249 e. The van der Waals surface area contributed by atoms with Crippen LogP contribution in [-0.4, -0.2) is 21.6 Å². The lowest BCUT2D eigenvalue weighted by Gasteiger charge is -2.37. The Hall–Kier alpha value is -2.24. The van der Waals surface area contributed by atoms with Gasteiger partial charge in [0.2, 0.25) is 11.8 Å². The van der Waals surface area contributed by atoms with E-state index in [-0.39, 0.29) is 18.7 Å². The van der Waals surface area contributed by atoms with E-state index in [0.29, 0.717) is 17.8 Å². The molecule has 1 N–H and O–H groups in total. The molecular formula is C23H27F2N3O. The largest absolute Gasteiger partial charge is 0.310 e. The van der Waals surface area contributed by atoms with Gasteiger partial charge in [0.1, 0.15) is 5.82 Å². The number of carbonyl (C=O) groups excluding carboxylic acids is 1. The van der Waals surface area contributed by atoms with Crippen molar-refractivity contribution in [1.29, 1.82) is 0 Å². The molecule has 1 aromatic carbocycles. The SMILES string of the molecule is Cn1nc([C@H]2C[C@@H](c3ccccc3)C2)c(C2CCC2)c1NC(=O)C1CC(F)(F)C1. The first-order valence-corrected chi connectivity index (χ1v) is 10.7. The van der Waals surface area contributed by atoms with Gasteiger partial charge in [0.15, 0.2) is 0 Å². The van der Waals surface area contributed by atoms with Crippen LogP contribution in [0.4, 0.5) is 14.6 Å². The number of aromatic nitrogens is 2. The van der Waals surface area contributed by atoms with Gasteiger partial charge in [-0.2, -0.15) is 5.10 Å². The van der Waals surface area contributed by atoms with Crippen molar-refractivity contribution in [2.24, 2.45) is 13.0 Å². The molecule has 1 amide bonds. The maximum absolute atomic E-state index is 13.2. The number of nitrogens with one attached hydrogen (secondary N) is 1. The third-order valence-electron chi connectivity index (χ3n) is 7.12. The van der Waals surface area contributed by atoms with E-state index in [2.05, 4.69) is 29.6 Å². The van der Waals surface area contributed by atoms with Gasteiger partial charge in [-0.05, 0) is 43.1 Å². The molecule has 3 aliphatic carbocycles. The van der Waals surface area contributed by atoms with Gasteiger partial charge in [0.05, 0.1) is 5.69 Å². The Morgan fingerprint density at radius 3 is 2.38 bits per heavy atom. The van der Waals surface area contributed by atoms with Crippen LogP contribution in [0.3, 0.4) is 0 Å². The number of anilines is 1. The number of benzene rings is 1. The Balaban J connectivity index is 1.35. The van der Waals surface area contributed by atoms with Crippen molar-refractivity contribution >= 4 is 11.7 Å². The second-order valence-electron chi connectivity index (χ2n) is 9.13. The molecule has 3 fully saturated rings. The molecule has 29 heavy (non-hydrogen) atoms. The topological polar surface area (TPSA) is 46.9 Å². The van der Waals surface area contributed by atoms with Gasteiger partial charge in [-0.1, -0.05) is 36.8 Å². The first kappa shape index (κ1) is 18.8. The Morgan fingerprint density at radius 1 is 1.10 bits per heavy atom. The quantitative estimate of drug-likeness (QED) is 0.738. The average molecular weight is 399 g/mol. The van der Waals surface area contributed by atoms with E-state index >= 15 is 0 Å². The first-order chi connectivity index (χ1) is 13.9. The highest BCUT2D eigenvalue weighted by molar-refractivity contribution is 5.93. The molecule has 3 aliphatic rings. The minimum Gasteiger partial charge on any atom is -0.310 e. The summed E-state index contributed by atoms with van der Waals surface area (Å²) in [5.74, 6) is -1.45. The summed E-state index contributed by atoms with van der Waals surface area (Å²) in [5, 5.41) is 7.76. The predicted octanol–water partition coefficient (Wildman–Crippen LogP) is 5.33. The fraction of sp³-hybridized carbons (Fsp3) is 0.565. The molecule has 0 unspecified atom stereocenters. The molecule has 1 heterocycles. The number of rotatable bonds is 5. The van der Waals surface area contributed by atoms with Crippen LogP contribution >= 0.6 is 0 Å². The number of amides is 1. The summed E-state index contributed by atoms with van der Waals surface area (Å²) < 4.78 is 28.1. The number of carbonyl (C=O) groups is 1. The molecule has 5 rings (SSSR count).